The molecule has 30 heavy (non-hydrogen) atoms. The van der Waals surface area contributed by atoms with Crippen molar-refractivity contribution in [2.75, 3.05) is 0 Å². The Labute approximate surface area is 199 Å². The lowest BCUT2D eigenvalue weighted by Crippen LogP contribution is -2.01. The first-order chi connectivity index (χ1) is 14.1. The van der Waals surface area contributed by atoms with Crippen LogP contribution < -0.4 is 0 Å². The van der Waals surface area contributed by atoms with Crippen molar-refractivity contribution >= 4 is 0 Å². The molecule has 0 heterocycles. The van der Waals surface area contributed by atoms with Crippen LogP contribution in [0, 0.1) is 35.5 Å². The summed E-state index contributed by atoms with van der Waals surface area (Å²) in [6.45, 7) is 37.0. The third-order valence-electron chi connectivity index (χ3n) is 3.18. The molecule has 0 aromatic carbocycles. The van der Waals surface area contributed by atoms with Gasteiger partial charge >= 0.3 is 0 Å². The van der Waals surface area contributed by atoms with E-state index < -0.39 is 12.5 Å². The molecule has 0 spiro atoms. The minimum absolute atomic E-state index is 0.132. The van der Waals surface area contributed by atoms with E-state index in [4.69, 9.17) is 2.74 Å². The summed E-state index contributed by atoms with van der Waals surface area (Å²) < 4.78 is 25.9. The van der Waals surface area contributed by atoms with Crippen LogP contribution in [-0.2, 0) is 0 Å². The number of halogens is 1. The Bertz CT molecular complexity index is 271. The van der Waals surface area contributed by atoms with Crippen molar-refractivity contribution in [2.45, 2.75) is 156 Å². The zero-order chi connectivity index (χ0) is 27.7. The molecule has 0 aromatic heterocycles. The largest absolute Gasteiger partial charge is 0.248 e. The average molecular weight is 439 g/mol. The van der Waals surface area contributed by atoms with Crippen LogP contribution >= 0.6 is 0 Å². The van der Waals surface area contributed by atoms with Crippen LogP contribution in [0.3, 0.4) is 0 Å². The first-order valence-electron chi connectivity index (χ1n) is 13.7. The Morgan fingerprint density at radius 3 is 0.767 bits per heavy atom. The van der Waals surface area contributed by atoms with Gasteiger partial charge in [-0.25, -0.2) is 4.39 Å². The first kappa shape index (κ1) is 37.3. The molecule has 0 N–H and O–H groups in total. The van der Waals surface area contributed by atoms with Gasteiger partial charge in [-0.05, 0) is 42.4 Å². The number of hydrogen-bond donors (Lipinski definition) is 0. The summed E-state index contributed by atoms with van der Waals surface area (Å²) in [4.78, 5) is 0. The van der Waals surface area contributed by atoms with Crippen LogP contribution in [-0.4, -0.2) is 6.17 Å². The second-order valence-electron chi connectivity index (χ2n) is 10.8. The molecule has 1 unspecified atom stereocenters. The lowest BCUT2D eigenvalue weighted by atomic mass is 10.1. The quantitative estimate of drug-likeness (QED) is 0.400. The van der Waals surface area contributed by atoms with Gasteiger partial charge in [0.15, 0.2) is 0 Å². The van der Waals surface area contributed by atoms with Crippen LogP contribution in [0.15, 0.2) is 0 Å². The topological polar surface area (TPSA) is 0 Å². The Hall–Kier alpha value is -0.0700. The van der Waals surface area contributed by atoms with Crippen molar-refractivity contribution < 1.29 is 7.13 Å². The Morgan fingerprint density at radius 1 is 0.567 bits per heavy atom. The van der Waals surface area contributed by atoms with Crippen LogP contribution in [0.5, 0.6) is 0 Å². The van der Waals surface area contributed by atoms with E-state index in [-0.39, 0.29) is 11.8 Å². The molecule has 0 radical (unpaired) electrons. The summed E-state index contributed by atoms with van der Waals surface area (Å²) in [7, 11) is 0. The SMILES string of the molecule is CC(C)C.CC(C)C.CC(C)C(C)F.CCC(C)C.CCCC(C)C.[2H]C([2H])(C)C(C)C. The maximum Gasteiger partial charge on any atom is 0.0996 e. The fourth-order valence-electron chi connectivity index (χ4n) is 0.577. The summed E-state index contributed by atoms with van der Waals surface area (Å²) in [5.41, 5.74) is 0. The summed E-state index contributed by atoms with van der Waals surface area (Å²) in [6.07, 6.45) is 2.36. The van der Waals surface area contributed by atoms with E-state index in [9.17, 15) is 4.39 Å². The summed E-state index contributed by atoms with van der Waals surface area (Å²) in [5.74, 6) is 3.77. The van der Waals surface area contributed by atoms with Crippen LogP contribution in [0.25, 0.3) is 0 Å². The monoisotopic (exact) mass is 439 g/mol. The van der Waals surface area contributed by atoms with E-state index >= 15 is 0 Å². The highest BCUT2D eigenvalue weighted by Crippen LogP contribution is 2.02. The van der Waals surface area contributed by atoms with Crippen molar-refractivity contribution in [3.63, 3.8) is 0 Å². The van der Waals surface area contributed by atoms with Gasteiger partial charge in [-0.15, -0.1) is 0 Å². The van der Waals surface area contributed by atoms with E-state index in [2.05, 4.69) is 83.1 Å². The van der Waals surface area contributed by atoms with Crippen molar-refractivity contribution in [1.82, 2.24) is 0 Å². The fraction of sp³-hybridized carbons (Fsp3) is 1.00. The maximum absolute atomic E-state index is 11.8. The normalized spacial score (nSPS) is 12.2. The fourth-order valence-corrected chi connectivity index (χ4v) is 0.577. The highest BCUT2D eigenvalue weighted by atomic mass is 19.1. The molecule has 0 aliphatic rings. The third kappa shape index (κ3) is 170. The van der Waals surface area contributed by atoms with E-state index in [1.165, 1.54) is 19.3 Å². The van der Waals surface area contributed by atoms with E-state index in [1.807, 2.05) is 27.7 Å². The predicted molar refractivity (Wildman–Crippen MR) is 146 cm³/mol. The molecule has 1 heteroatoms. The molecule has 0 fully saturated rings. The summed E-state index contributed by atoms with van der Waals surface area (Å²) in [6, 6.07) is 0. The molecule has 0 saturated carbocycles. The molecule has 0 aliphatic carbocycles. The smallest absolute Gasteiger partial charge is 0.0996 e. The van der Waals surface area contributed by atoms with Crippen molar-refractivity contribution in [3.05, 3.63) is 0 Å². The molecular weight excluding hydrogens is 367 g/mol. The summed E-state index contributed by atoms with van der Waals surface area (Å²) >= 11 is 0. The average Bonchev–Trinajstić information content (AvgIpc) is 2.54. The first-order valence-corrected chi connectivity index (χ1v) is 12.7. The van der Waals surface area contributed by atoms with Gasteiger partial charge in [0.25, 0.3) is 0 Å². The van der Waals surface area contributed by atoms with Crippen LogP contribution in [0.1, 0.15) is 153 Å². The number of rotatable bonds is 5. The minimum atomic E-state index is -1.00. The minimum Gasteiger partial charge on any atom is -0.248 e. The van der Waals surface area contributed by atoms with Gasteiger partial charge in [0, 0.05) is 2.74 Å². The molecule has 0 bridgehead atoms. The lowest BCUT2D eigenvalue weighted by Gasteiger charge is -2.01. The lowest BCUT2D eigenvalue weighted by molar-refractivity contribution is 0.280. The highest BCUT2D eigenvalue weighted by Gasteiger charge is 2.00. The summed E-state index contributed by atoms with van der Waals surface area (Å²) in [5, 5.41) is 0. The standard InChI is InChI=1S/C6H14.C5H11F.2C5H12.2C4H10/c1-4-5-6(2)3;1-4(2)5(3)6;2*1-4-5(2)3;2*1-4(2)3/h6H,4-5H2,1-3H3;4-5H,1-3H3;2*5H,4H2,1-3H3;2*4H,1-3H3/i;;4D2;;;. The predicted octanol–water partition coefficient (Wildman–Crippen LogP) is 11.9. The third-order valence-corrected chi connectivity index (χ3v) is 3.18. The molecule has 0 aromatic rings. The zero-order valence-corrected chi connectivity index (χ0v) is 25.0. The molecular formula is C29H69F. The number of hydrogen-bond acceptors (Lipinski definition) is 0. The molecule has 0 nitrogen and oxygen atoms in total. The Kier molecular flexibility index (Phi) is 45.1. The second kappa shape index (κ2) is 36.3. The molecule has 0 saturated heterocycles. The number of alkyl halides is 1. The van der Waals surface area contributed by atoms with Gasteiger partial charge in [0.1, 0.15) is 0 Å². The van der Waals surface area contributed by atoms with Gasteiger partial charge in [-0.2, -0.15) is 0 Å². The highest BCUT2D eigenvalue weighted by molar-refractivity contribution is 4.49. The molecule has 0 rings (SSSR count). The molecule has 0 amide bonds. The van der Waals surface area contributed by atoms with Crippen molar-refractivity contribution in [2.24, 2.45) is 35.5 Å². The maximum atomic E-state index is 11.8. The van der Waals surface area contributed by atoms with Gasteiger partial charge in [-0.1, -0.05) is 143 Å². The van der Waals surface area contributed by atoms with Gasteiger partial charge in [0.2, 0.25) is 0 Å². The van der Waals surface area contributed by atoms with Crippen molar-refractivity contribution in [3.8, 4) is 0 Å². The van der Waals surface area contributed by atoms with E-state index in [0.29, 0.717) is 0 Å². The van der Waals surface area contributed by atoms with E-state index in [0.717, 1.165) is 23.7 Å². The Balaban J connectivity index is -0.0000000642. The van der Waals surface area contributed by atoms with Crippen LogP contribution in [0.2, 0.25) is 0 Å². The second-order valence-corrected chi connectivity index (χ2v) is 10.8. The molecule has 1 atom stereocenters. The zero-order valence-electron chi connectivity index (χ0n) is 27.0. The van der Waals surface area contributed by atoms with Gasteiger partial charge < -0.3 is 0 Å². The van der Waals surface area contributed by atoms with Gasteiger partial charge in [0.05, 0.1) is 6.17 Å². The molecule has 192 valence electrons. The van der Waals surface area contributed by atoms with Gasteiger partial charge in [-0.3, -0.25) is 0 Å². The Morgan fingerprint density at radius 2 is 0.767 bits per heavy atom. The van der Waals surface area contributed by atoms with Crippen molar-refractivity contribution in [1.29, 1.82) is 0 Å². The molecule has 0 aliphatic heterocycles. The van der Waals surface area contributed by atoms with E-state index in [1.54, 1.807) is 13.8 Å². The van der Waals surface area contributed by atoms with Crippen LogP contribution in [0.4, 0.5) is 4.39 Å².